The Balaban J connectivity index is 2.65. The van der Waals surface area contributed by atoms with E-state index in [1.807, 2.05) is 56.3 Å². The molecular weight excluding hydrogens is 266 g/mol. The lowest BCUT2D eigenvalue weighted by atomic mass is 10.1. The quantitative estimate of drug-likeness (QED) is 0.767. The molecule has 2 amide bonds. The smallest absolute Gasteiger partial charge is 0.318 e. The third-order valence-electron chi connectivity index (χ3n) is 3.38. The summed E-state index contributed by atoms with van der Waals surface area (Å²) in [5, 5.41) is 12.2. The molecule has 0 aliphatic carbocycles. The summed E-state index contributed by atoms with van der Waals surface area (Å²) < 4.78 is 0. The van der Waals surface area contributed by atoms with Crippen LogP contribution in [0.15, 0.2) is 30.3 Å². The lowest BCUT2D eigenvalue weighted by Gasteiger charge is -2.27. The monoisotopic (exact) mass is 293 g/mol. The molecule has 0 saturated carbocycles. The van der Waals surface area contributed by atoms with Gasteiger partial charge >= 0.3 is 6.03 Å². The zero-order valence-electron chi connectivity index (χ0n) is 13.2. The normalized spacial score (nSPS) is 12.2. The lowest BCUT2D eigenvalue weighted by Crippen LogP contribution is -2.45. The molecule has 0 bridgehead atoms. The summed E-state index contributed by atoms with van der Waals surface area (Å²) in [6, 6.07) is 9.83. The van der Waals surface area contributed by atoms with E-state index in [2.05, 4.69) is 5.32 Å². The first-order valence-corrected chi connectivity index (χ1v) is 7.44. The van der Waals surface area contributed by atoms with Crippen LogP contribution in [0.5, 0.6) is 0 Å². The van der Waals surface area contributed by atoms with Crippen LogP contribution in [0.1, 0.15) is 24.9 Å². The highest BCUT2D eigenvalue weighted by Crippen LogP contribution is 2.16. The Morgan fingerprint density at radius 2 is 1.86 bits per heavy atom. The number of urea groups is 1. The second-order valence-electron chi connectivity index (χ2n) is 5.33. The van der Waals surface area contributed by atoms with Gasteiger partial charge in [-0.2, -0.15) is 0 Å². The Morgan fingerprint density at radius 3 is 2.38 bits per heavy atom. The first-order valence-electron chi connectivity index (χ1n) is 7.44. The molecule has 0 saturated heterocycles. The number of rotatable bonds is 8. The van der Waals surface area contributed by atoms with Crippen LogP contribution in [0.4, 0.5) is 4.79 Å². The van der Waals surface area contributed by atoms with Crippen molar-refractivity contribution in [3.8, 4) is 0 Å². The predicted molar refractivity (Wildman–Crippen MR) is 85.2 cm³/mol. The van der Waals surface area contributed by atoms with Crippen molar-refractivity contribution in [2.45, 2.75) is 19.4 Å². The van der Waals surface area contributed by atoms with Gasteiger partial charge in [0.05, 0.1) is 12.6 Å². The molecule has 0 spiro atoms. The highest BCUT2D eigenvalue weighted by Gasteiger charge is 2.17. The summed E-state index contributed by atoms with van der Waals surface area (Å²) in [6.07, 6.45) is 0.830. The Morgan fingerprint density at radius 1 is 1.19 bits per heavy atom. The van der Waals surface area contributed by atoms with E-state index in [-0.39, 0.29) is 18.7 Å². The third kappa shape index (κ3) is 6.14. The van der Waals surface area contributed by atoms with Gasteiger partial charge in [0.25, 0.3) is 0 Å². The number of carbonyl (C=O) groups excluding carboxylic acids is 1. The van der Waals surface area contributed by atoms with Gasteiger partial charge in [0.2, 0.25) is 0 Å². The van der Waals surface area contributed by atoms with Crippen LogP contribution < -0.4 is 5.32 Å². The van der Waals surface area contributed by atoms with Crippen LogP contribution in [0.3, 0.4) is 0 Å². The van der Waals surface area contributed by atoms with E-state index in [4.69, 9.17) is 5.11 Å². The zero-order chi connectivity index (χ0) is 15.7. The second-order valence-corrected chi connectivity index (χ2v) is 5.33. The zero-order valence-corrected chi connectivity index (χ0v) is 13.2. The molecule has 0 aliphatic heterocycles. The maximum Gasteiger partial charge on any atom is 0.318 e. The predicted octanol–water partition coefficient (Wildman–Crippen LogP) is 1.70. The van der Waals surface area contributed by atoms with Crippen LogP contribution in [0.2, 0.25) is 0 Å². The average Bonchev–Trinajstić information content (AvgIpc) is 2.49. The van der Waals surface area contributed by atoms with Gasteiger partial charge in [-0.05, 0) is 26.1 Å². The Bertz CT molecular complexity index is 409. The molecule has 0 aromatic heterocycles. The Kier molecular flexibility index (Phi) is 7.79. The number of benzene rings is 1. The molecule has 5 heteroatoms. The van der Waals surface area contributed by atoms with Gasteiger partial charge in [-0.15, -0.1) is 0 Å². The van der Waals surface area contributed by atoms with Crippen molar-refractivity contribution >= 4 is 6.03 Å². The summed E-state index contributed by atoms with van der Waals surface area (Å²) >= 11 is 0. The molecular formula is C16H27N3O2. The van der Waals surface area contributed by atoms with E-state index < -0.39 is 0 Å². The van der Waals surface area contributed by atoms with Crippen LogP contribution in [0.25, 0.3) is 0 Å². The number of aliphatic hydroxyl groups is 1. The average molecular weight is 293 g/mol. The van der Waals surface area contributed by atoms with E-state index in [0.717, 1.165) is 18.5 Å². The van der Waals surface area contributed by atoms with E-state index >= 15 is 0 Å². The molecule has 118 valence electrons. The molecule has 0 fully saturated rings. The van der Waals surface area contributed by atoms with Crippen molar-refractivity contribution < 1.29 is 9.90 Å². The largest absolute Gasteiger partial charge is 0.395 e. The number of amides is 2. The molecule has 0 heterocycles. The first-order chi connectivity index (χ1) is 10.1. The summed E-state index contributed by atoms with van der Waals surface area (Å²) in [6.45, 7) is 3.75. The number of nitrogens with zero attached hydrogens (tertiary/aromatic N) is 2. The summed E-state index contributed by atoms with van der Waals surface area (Å²) in [4.78, 5) is 16.1. The van der Waals surface area contributed by atoms with Crippen molar-refractivity contribution in [3.63, 3.8) is 0 Å². The molecule has 1 atom stereocenters. The number of hydrogen-bond acceptors (Lipinski definition) is 3. The van der Waals surface area contributed by atoms with Crippen molar-refractivity contribution in [2.24, 2.45) is 0 Å². The van der Waals surface area contributed by atoms with Crippen LogP contribution in [0, 0.1) is 0 Å². The van der Waals surface area contributed by atoms with Gasteiger partial charge in [0, 0.05) is 19.6 Å². The fraction of sp³-hybridized carbons (Fsp3) is 0.562. The van der Waals surface area contributed by atoms with Crippen LogP contribution >= 0.6 is 0 Å². The minimum atomic E-state index is -0.124. The molecule has 5 nitrogen and oxygen atoms in total. The number of nitrogens with one attached hydrogen (secondary N) is 1. The first kappa shape index (κ1) is 17.5. The van der Waals surface area contributed by atoms with Gasteiger partial charge in [-0.25, -0.2) is 4.79 Å². The number of likely N-dealkylation sites (N-methyl/N-ethyl adjacent to an activating group) is 1. The lowest BCUT2D eigenvalue weighted by molar-refractivity contribution is 0.168. The molecule has 0 unspecified atom stereocenters. The van der Waals surface area contributed by atoms with E-state index in [1.165, 1.54) is 0 Å². The molecule has 21 heavy (non-hydrogen) atoms. The van der Waals surface area contributed by atoms with Crippen LogP contribution in [-0.2, 0) is 0 Å². The molecule has 1 aromatic carbocycles. The van der Waals surface area contributed by atoms with Crippen LogP contribution in [-0.4, -0.2) is 61.3 Å². The van der Waals surface area contributed by atoms with Gasteiger partial charge in [0.15, 0.2) is 0 Å². The van der Waals surface area contributed by atoms with Crippen molar-refractivity contribution in [2.75, 3.05) is 40.3 Å². The summed E-state index contributed by atoms with van der Waals surface area (Å²) in [5.41, 5.74) is 1.10. The Hall–Kier alpha value is -1.59. The third-order valence-corrected chi connectivity index (χ3v) is 3.38. The van der Waals surface area contributed by atoms with E-state index in [0.29, 0.717) is 13.1 Å². The summed E-state index contributed by atoms with van der Waals surface area (Å²) in [7, 11) is 3.93. The minimum Gasteiger partial charge on any atom is -0.395 e. The highest BCUT2D eigenvalue weighted by atomic mass is 16.3. The second kappa shape index (κ2) is 9.37. The van der Waals surface area contributed by atoms with Crippen molar-refractivity contribution in [1.29, 1.82) is 0 Å². The maximum absolute atomic E-state index is 12.4. The number of hydrogen-bond donors (Lipinski definition) is 2. The fourth-order valence-corrected chi connectivity index (χ4v) is 2.10. The highest BCUT2D eigenvalue weighted by molar-refractivity contribution is 5.74. The topological polar surface area (TPSA) is 55.8 Å². The van der Waals surface area contributed by atoms with Crippen molar-refractivity contribution in [1.82, 2.24) is 15.1 Å². The molecule has 1 aromatic rings. The number of carbonyl (C=O) groups is 1. The van der Waals surface area contributed by atoms with Gasteiger partial charge in [-0.1, -0.05) is 37.3 Å². The number of aliphatic hydroxyl groups excluding tert-OH is 1. The van der Waals surface area contributed by atoms with Gasteiger partial charge < -0.3 is 20.2 Å². The van der Waals surface area contributed by atoms with Gasteiger partial charge in [-0.3, -0.25) is 0 Å². The van der Waals surface area contributed by atoms with Crippen molar-refractivity contribution in [3.05, 3.63) is 35.9 Å². The standard InChI is InChI=1S/C16H27N3O2/c1-4-15(14-8-6-5-7-9-14)17-16(21)19(12-13-20)11-10-18(2)3/h5-9,15,20H,4,10-13H2,1-3H3,(H,17,21)/t15-/m0/s1. The SMILES string of the molecule is CC[C@H](NC(=O)N(CCO)CCN(C)C)c1ccccc1. The maximum atomic E-state index is 12.4. The molecule has 0 radical (unpaired) electrons. The molecule has 2 N–H and O–H groups in total. The van der Waals surface area contributed by atoms with Gasteiger partial charge in [0.1, 0.15) is 0 Å². The van der Waals surface area contributed by atoms with E-state index in [9.17, 15) is 4.79 Å². The fourth-order valence-electron chi connectivity index (χ4n) is 2.10. The van der Waals surface area contributed by atoms with E-state index in [1.54, 1.807) is 4.90 Å². The molecule has 0 aliphatic rings. The molecule has 1 rings (SSSR count). The Labute approximate surface area is 127 Å². The minimum absolute atomic E-state index is 0.000695. The summed E-state index contributed by atoms with van der Waals surface area (Å²) in [5.74, 6) is 0.